The molecule has 0 aliphatic heterocycles. The number of benzene rings is 2. The van der Waals surface area contributed by atoms with Crippen molar-refractivity contribution < 1.29 is 9.47 Å². The molecule has 9 nitrogen and oxygen atoms in total. The lowest BCUT2D eigenvalue weighted by atomic mass is 10.1. The topological polar surface area (TPSA) is 89.0 Å². The summed E-state index contributed by atoms with van der Waals surface area (Å²) in [4.78, 5) is 12.3. The molecule has 0 amide bonds. The van der Waals surface area contributed by atoms with Gasteiger partial charge in [0.05, 0.1) is 30.2 Å². The molecule has 4 rings (SSSR count). The number of methoxy groups -OCH3 is 1. The average Bonchev–Trinajstić information content (AvgIpc) is 3.32. The molecule has 0 atom stereocenters. The van der Waals surface area contributed by atoms with Gasteiger partial charge >= 0.3 is 5.69 Å². The first kappa shape index (κ1) is 19.4. The Morgan fingerprint density at radius 3 is 2.53 bits per heavy atom. The van der Waals surface area contributed by atoms with Gasteiger partial charge < -0.3 is 9.47 Å². The highest BCUT2D eigenvalue weighted by atomic mass is 16.5. The van der Waals surface area contributed by atoms with Gasteiger partial charge in [0.1, 0.15) is 18.1 Å². The van der Waals surface area contributed by atoms with Crippen LogP contribution in [0.5, 0.6) is 11.5 Å². The number of aromatic nitrogens is 6. The van der Waals surface area contributed by atoms with Crippen molar-refractivity contribution in [3.05, 3.63) is 76.0 Å². The van der Waals surface area contributed by atoms with E-state index >= 15 is 0 Å². The molecule has 30 heavy (non-hydrogen) atoms. The van der Waals surface area contributed by atoms with Crippen molar-refractivity contribution in [1.29, 1.82) is 0 Å². The maximum Gasteiger partial charge on any atom is 0.368 e. The maximum atomic E-state index is 12.3. The largest absolute Gasteiger partial charge is 0.496 e. The van der Waals surface area contributed by atoms with Gasteiger partial charge in [-0.3, -0.25) is 0 Å². The fourth-order valence-electron chi connectivity index (χ4n) is 3.20. The van der Waals surface area contributed by atoms with Crippen LogP contribution in [-0.4, -0.2) is 36.7 Å². The predicted octanol–water partition coefficient (Wildman–Crippen LogP) is 2.36. The molecule has 0 aliphatic rings. The molecule has 2 aromatic carbocycles. The number of aryl methyl sites for hydroxylation is 3. The number of tetrazole rings is 1. The van der Waals surface area contributed by atoms with E-state index in [1.807, 2.05) is 55.2 Å². The van der Waals surface area contributed by atoms with E-state index in [1.54, 1.807) is 26.3 Å². The Hall–Kier alpha value is -3.88. The number of rotatable bonds is 6. The van der Waals surface area contributed by atoms with E-state index in [-0.39, 0.29) is 12.3 Å². The molecule has 0 saturated carbocycles. The Labute approximate surface area is 173 Å². The molecule has 0 fully saturated rings. The first-order chi connectivity index (χ1) is 14.5. The van der Waals surface area contributed by atoms with E-state index in [9.17, 15) is 4.79 Å². The van der Waals surface area contributed by atoms with Crippen LogP contribution >= 0.6 is 0 Å². The van der Waals surface area contributed by atoms with Crippen molar-refractivity contribution in [1.82, 2.24) is 29.6 Å². The zero-order chi connectivity index (χ0) is 21.3. The molecule has 0 aliphatic carbocycles. The van der Waals surface area contributed by atoms with Crippen LogP contribution in [-0.2, 0) is 13.7 Å². The molecule has 4 aromatic rings. The van der Waals surface area contributed by atoms with Crippen LogP contribution in [0.4, 0.5) is 0 Å². The second kappa shape index (κ2) is 7.86. The SMILES string of the molecule is COc1cccc(-n2nnn(C)c2=O)c1COc1ccc(-n2cc(C)cn2)cc1C. The van der Waals surface area contributed by atoms with Crippen molar-refractivity contribution in [2.45, 2.75) is 20.5 Å². The zero-order valence-electron chi connectivity index (χ0n) is 17.2. The molecule has 154 valence electrons. The summed E-state index contributed by atoms with van der Waals surface area (Å²) in [6.07, 6.45) is 3.78. The van der Waals surface area contributed by atoms with Gasteiger partial charge in [0, 0.05) is 13.2 Å². The van der Waals surface area contributed by atoms with Crippen molar-refractivity contribution in [3.8, 4) is 22.9 Å². The van der Waals surface area contributed by atoms with Crippen LogP contribution in [0.3, 0.4) is 0 Å². The van der Waals surface area contributed by atoms with Crippen LogP contribution in [0.25, 0.3) is 11.4 Å². The summed E-state index contributed by atoms with van der Waals surface area (Å²) in [6.45, 7) is 4.18. The summed E-state index contributed by atoms with van der Waals surface area (Å²) in [5, 5.41) is 12.1. The summed E-state index contributed by atoms with van der Waals surface area (Å²) in [5.41, 5.74) is 3.93. The van der Waals surface area contributed by atoms with Gasteiger partial charge in [-0.15, -0.1) is 0 Å². The van der Waals surface area contributed by atoms with Gasteiger partial charge in [0.15, 0.2) is 0 Å². The fourth-order valence-corrected chi connectivity index (χ4v) is 3.20. The quantitative estimate of drug-likeness (QED) is 0.488. The Bertz CT molecular complexity index is 1250. The Morgan fingerprint density at radius 1 is 1.07 bits per heavy atom. The first-order valence-electron chi connectivity index (χ1n) is 9.38. The third kappa shape index (κ3) is 3.57. The van der Waals surface area contributed by atoms with Crippen molar-refractivity contribution in [2.24, 2.45) is 7.05 Å². The van der Waals surface area contributed by atoms with E-state index in [1.165, 1.54) is 9.36 Å². The van der Waals surface area contributed by atoms with Crippen molar-refractivity contribution in [3.63, 3.8) is 0 Å². The monoisotopic (exact) mass is 406 g/mol. The summed E-state index contributed by atoms with van der Waals surface area (Å²) in [5.74, 6) is 1.33. The Kier molecular flexibility index (Phi) is 5.09. The summed E-state index contributed by atoms with van der Waals surface area (Å²) >= 11 is 0. The number of hydrogen-bond donors (Lipinski definition) is 0. The minimum atomic E-state index is -0.348. The molecule has 0 N–H and O–H groups in total. The normalized spacial score (nSPS) is 10.9. The fraction of sp³-hybridized carbons (Fsp3) is 0.238. The van der Waals surface area contributed by atoms with Gasteiger partial charge in [-0.1, -0.05) is 6.07 Å². The van der Waals surface area contributed by atoms with Crippen LogP contribution in [0.1, 0.15) is 16.7 Å². The molecule has 0 unspecified atom stereocenters. The molecule has 0 radical (unpaired) electrons. The standard InChI is InChI=1S/C21H22N6O3/c1-14-11-22-26(12-14)16-8-9-19(15(2)10-16)30-13-17-18(6-5-7-20(17)29-4)27-21(28)25(3)23-24-27/h5-12H,13H2,1-4H3. The summed E-state index contributed by atoms with van der Waals surface area (Å²) < 4.78 is 15.8. The van der Waals surface area contributed by atoms with Crippen LogP contribution in [0, 0.1) is 13.8 Å². The van der Waals surface area contributed by atoms with Crippen LogP contribution in [0.2, 0.25) is 0 Å². The second-order valence-corrected chi connectivity index (χ2v) is 6.96. The molecule has 0 spiro atoms. The molecule has 2 heterocycles. The average molecular weight is 406 g/mol. The third-order valence-electron chi connectivity index (χ3n) is 4.78. The zero-order valence-corrected chi connectivity index (χ0v) is 17.2. The van der Waals surface area contributed by atoms with Crippen LogP contribution < -0.4 is 15.2 Å². The molecule has 0 saturated heterocycles. The minimum Gasteiger partial charge on any atom is -0.496 e. The van der Waals surface area contributed by atoms with Crippen molar-refractivity contribution >= 4 is 0 Å². The third-order valence-corrected chi connectivity index (χ3v) is 4.78. The number of hydrogen-bond acceptors (Lipinski definition) is 6. The van der Waals surface area contributed by atoms with Gasteiger partial charge in [-0.2, -0.15) is 14.5 Å². The highest BCUT2D eigenvalue weighted by molar-refractivity contribution is 5.49. The van der Waals surface area contributed by atoms with Gasteiger partial charge in [-0.05, 0) is 65.7 Å². The van der Waals surface area contributed by atoms with E-state index in [0.717, 1.165) is 22.6 Å². The van der Waals surface area contributed by atoms with Gasteiger partial charge in [0.25, 0.3) is 0 Å². The predicted molar refractivity (Wildman–Crippen MR) is 111 cm³/mol. The summed E-state index contributed by atoms with van der Waals surface area (Å²) in [7, 11) is 3.13. The lowest BCUT2D eigenvalue weighted by Crippen LogP contribution is -2.23. The molecule has 0 bridgehead atoms. The molecule has 9 heteroatoms. The van der Waals surface area contributed by atoms with E-state index < -0.39 is 0 Å². The van der Waals surface area contributed by atoms with Crippen molar-refractivity contribution in [2.75, 3.05) is 7.11 Å². The van der Waals surface area contributed by atoms with Gasteiger partial charge in [-0.25, -0.2) is 9.48 Å². The summed E-state index contributed by atoms with van der Waals surface area (Å²) in [6, 6.07) is 11.3. The van der Waals surface area contributed by atoms with E-state index in [4.69, 9.17) is 9.47 Å². The highest BCUT2D eigenvalue weighted by Gasteiger charge is 2.16. The number of ether oxygens (including phenoxy) is 2. The maximum absolute atomic E-state index is 12.3. The number of nitrogens with zero attached hydrogens (tertiary/aromatic N) is 6. The lowest BCUT2D eigenvalue weighted by Gasteiger charge is -2.15. The Balaban J connectivity index is 1.64. The smallest absolute Gasteiger partial charge is 0.368 e. The van der Waals surface area contributed by atoms with E-state index in [2.05, 4.69) is 15.5 Å². The molecular formula is C21H22N6O3. The first-order valence-corrected chi connectivity index (χ1v) is 9.38. The Morgan fingerprint density at radius 2 is 1.90 bits per heavy atom. The molecular weight excluding hydrogens is 384 g/mol. The molecule has 2 aromatic heterocycles. The van der Waals surface area contributed by atoms with Crippen LogP contribution in [0.15, 0.2) is 53.6 Å². The van der Waals surface area contributed by atoms with E-state index in [0.29, 0.717) is 17.0 Å². The minimum absolute atomic E-state index is 0.198. The second-order valence-electron chi connectivity index (χ2n) is 6.96. The van der Waals surface area contributed by atoms with Gasteiger partial charge in [0.2, 0.25) is 0 Å². The highest BCUT2D eigenvalue weighted by Crippen LogP contribution is 2.28. The lowest BCUT2D eigenvalue weighted by molar-refractivity contribution is 0.294.